The van der Waals surface area contributed by atoms with Crippen molar-refractivity contribution < 1.29 is 0 Å². The normalized spacial score (nSPS) is 10.5. The molecule has 8 heteroatoms. The zero-order valence-corrected chi connectivity index (χ0v) is 11.8. The average molecular weight is 285 g/mol. The van der Waals surface area contributed by atoms with Gasteiger partial charge in [-0.1, -0.05) is 23.1 Å². The van der Waals surface area contributed by atoms with E-state index in [4.69, 9.17) is 0 Å². The van der Waals surface area contributed by atoms with Gasteiger partial charge in [0.2, 0.25) is 0 Å². The lowest BCUT2D eigenvalue weighted by molar-refractivity contribution is 0.951. The molecule has 0 aromatic carbocycles. The first kappa shape index (κ1) is 12.6. The number of thioether (sulfide) groups is 1. The van der Waals surface area contributed by atoms with Crippen molar-refractivity contribution in [3.05, 3.63) is 12.4 Å². The molecule has 0 radical (unpaired) electrons. The molecule has 2 heterocycles. The highest BCUT2D eigenvalue weighted by molar-refractivity contribution is 8.02. The average Bonchev–Trinajstić information content (AvgIpc) is 2.78. The van der Waals surface area contributed by atoms with Crippen LogP contribution in [0.3, 0.4) is 0 Å². The predicted octanol–water partition coefficient (Wildman–Crippen LogP) is 2.63. The Labute approximate surface area is 112 Å². The van der Waals surface area contributed by atoms with Crippen molar-refractivity contribution in [2.24, 2.45) is 0 Å². The highest BCUT2D eigenvalue weighted by Gasteiger charge is 2.06. The number of anilines is 1. The number of hydrogen-bond donors (Lipinski definition) is 1. The van der Waals surface area contributed by atoms with Crippen LogP contribution in [0, 0.1) is 0 Å². The van der Waals surface area contributed by atoms with E-state index in [-0.39, 0.29) is 0 Å². The number of aromatic nitrogens is 4. The fraction of sp³-hybridized carbons (Fsp3) is 0.333. The highest BCUT2D eigenvalue weighted by atomic mass is 32.2. The van der Waals surface area contributed by atoms with E-state index in [1.165, 1.54) is 11.8 Å². The van der Waals surface area contributed by atoms with Crippen LogP contribution in [0.4, 0.5) is 5.82 Å². The van der Waals surface area contributed by atoms with Crippen molar-refractivity contribution in [3.63, 3.8) is 0 Å². The third-order valence-corrected chi connectivity index (χ3v) is 4.64. The summed E-state index contributed by atoms with van der Waals surface area (Å²) in [6, 6.07) is 1.91. The number of nitrogens with one attached hydrogen (secondary N) is 1. The van der Waals surface area contributed by atoms with Crippen molar-refractivity contribution >= 4 is 40.7 Å². The molecule has 5 nitrogen and oxygen atoms in total. The van der Waals surface area contributed by atoms with Gasteiger partial charge in [-0.2, -0.15) is 0 Å². The van der Waals surface area contributed by atoms with Crippen molar-refractivity contribution in [3.8, 4) is 0 Å². The lowest BCUT2D eigenvalue weighted by atomic mass is 10.5. The third-order valence-electron chi connectivity index (χ3n) is 1.75. The molecule has 0 amide bonds. The second kappa shape index (κ2) is 6.18. The van der Waals surface area contributed by atoms with Gasteiger partial charge in [-0.05, 0) is 24.9 Å². The van der Waals surface area contributed by atoms with Gasteiger partial charge < -0.3 is 5.32 Å². The fourth-order valence-electron chi connectivity index (χ4n) is 1.08. The second-order valence-corrected chi connectivity index (χ2v) is 6.21. The van der Waals surface area contributed by atoms with E-state index in [1.54, 1.807) is 29.4 Å². The molecule has 1 N–H and O–H groups in total. The van der Waals surface area contributed by atoms with E-state index in [0.717, 1.165) is 26.1 Å². The second-order valence-electron chi connectivity index (χ2n) is 2.91. The molecule has 2 aromatic heterocycles. The summed E-state index contributed by atoms with van der Waals surface area (Å²) in [5, 5.41) is 12.2. The molecule has 0 aliphatic rings. The first-order valence-corrected chi connectivity index (χ1v) is 7.79. The molecule has 0 bridgehead atoms. The zero-order valence-electron chi connectivity index (χ0n) is 9.38. The Morgan fingerprint density at radius 2 is 2.12 bits per heavy atom. The molecule has 0 saturated heterocycles. The molecule has 0 atom stereocenters. The smallest absolute Gasteiger partial charge is 0.181 e. The van der Waals surface area contributed by atoms with Crippen LogP contribution in [0.1, 0.15) is 6.92 Å². The van der Waals surface area contributed by atoms with Gasteiger partial charge in [0.05, 0.1) is 0 Å². The van der Waals surface area contributed by atoms with Crippen molar-refractivity contribution in [1.82, 2.24) is 20.2 Å². The number of nitrogens with zero attached hydrogens (tertiary/aromatic N) is 4. The maximum Gasteiger partial charge on any atom is 0.181 e. The summed E-state index contributed by atoms with van der Waals surface area (Å²) in [6.07, 6.45) is 3.54. The predicted molar refractivity (Wildman–Crippen MR) is 72.0 cm³/mol. The van der Waals surface area contributed by atoms with Crippen LogP contribution in [0.25, 0.3) is 0 Å². The van der Waals surface area contributed by atoms with E-state index in [0.29, 0.717) is 0 Å². The minimum absolute atomic E-state index is 0.833. The molecule has 17 heavy (non-hydrogen) atoms. The van der Waals surface area contributed by atoms with Crippen LogP contribution in [0.15, 0.2) is 26.1 Å². The quantitative estimate of drug-likeness (QED) is 0.669. The van der Waals surface area contributed by atoms with E-state index < -0.39 is 0 Å². The molecule has 0 fully saturated rings. The molecular formula is C9H11N5S3. The van der Waals surface area contributed by atoms with E-state index >= 15 is 0 Å². The molecule has 0 unspecified atom stereocenters. The topological polar surface area (TPSA) is 63.6 Å². The van der Waals surface area contributed by atoms with Crippen LogP contribution in [0.5, 0.6) is 0 Å². The molecule has 2 rings (SSSR count). The molecular weight excluding hydrogens is 274 g/mol. The summed E-state index contributed by atoms with van der Waals surface area (Å²) >= 11 is 4.67. The number of rotatable bonds is 5. The largest absolute Gasteiger partial charge is 0.370 e. The first-order valence-electron chi connectivity index (χ1n) is 4.93. The maximum absolute atomic E-state index is 4.20. The fourth-order valence-corrected chi connectivity index (χ4v) is 3.44. The highest BCUT2D eigenvalue weighted by Crippen LogP contribution is 2.31. The van der Waals surface area contributed by atoms with Gasteiger partial charge in [-0.3, -0.25) is 0 Å². The Morgan fingerprint density at radius 1 is 1.29 bits per heavy atom. The van der Waals surface area contributed by atoms with Gasteiger partial charge in [-0.15, -0.1) is 10.2 Å². The molecule has 0 aliphatic heterocycles. The summed E-state index contributed by atoms with van der Waals surface area (Å²) in [7, 11) is 0. The summed E-state index contributed by atoms with van der Waals surface area (Å²) in [5.41, 5.74) is 0. The minimum atomic E-state index is 0.833. The molecule has 2 aromatic rings. The van der Waals surface area contributed by atoms with Crippen molar-refractivity contribution in [1.29, 1.82) is 0 Å². The van der Waals surface area contributed by atoms with Crippen LogP contribution in [-0.4, -0.2) is 33.0 Å². The van der Waals surface area contributed by atoms with Crippen LogP contribution in [0.2, 0.25) is 0 Å². The van der Waals surface area contributed by atoms with Crippen LogP contribution in [-0.2, 0) is 0 Å². The SMILES string of the molecule is CCNc1cc(Sc2nnc(SC)s2)ncn1. The van der Waals surface area contributed by atoms with E-state index in [9.17, 15) is 0 Å². The monoisotopic (exact) mass is 285 g/mol. The zero-order chi connectivity index (χ0) is 12.1. The summed E-state index contributed by atoms with van der Waals surface area (Å²) in [5.74, 6) is 0.833. The Morgan fingerprint density at radius 3 is 2.82 bits per heavy atom. The Bertz CT molecular complexity index is 487. The van der Waals surface area contributed by atoms with Gasteiger partial charge in [-0.25, -0.2) is 9.97 Å². The van der Waals surface area contributed by atoms with E-state index in [2.05, 4.69) is 25.5 Å². The van der Waals surface area contributed by atoms with Crippen LogP contribution >= 0.6 is 34.9 Å². The van der Waals surface area contributed by atoms with Gasteiger partial charge in [0.15, 0.2) is 8.68 Å². The summed E-state index contributed by atoms with van der Waals surface area (Å²) in [4.78, 5) is 8.32. The number of hydrogen-bond acceptors (Lipinski definition) is 8. The molecule has 0 spiro atoms. The van der Waals surface area contributed by atoms with Crippen molar-refractivity contribution in [2.45, 2.75) is 20.6 Å². The lowest BCUT2D eigenvalue weighted by Crippen LogP contribution is -1.99. The van der Waals surface area contributed by atoms with Gasteiger partial charge in [0.1, 0.15) is 17.2 Å². The van der Waals surface area contributed by atoms with Crippen LogP contribution < -0.4 is 5.32 Å². The Hall–Kier alpha value is -0.860. The van der Waals surface area contributed by atoms with Gasteiger partial charge >= 0.3 is 0 Å². The van der Waals surface area contributed by atoms with E-state index in [1.807, 2.05) is 19.2 Å². The van der Waals surface area contributed by atoms with Gasteiger partial charge in [0, 0.05) is 12.6 Å². The maximum atomic E-state index is 4.20. The standard InChI is InChI=1S/C9H11N5S3/c1-3-10-6-4-7(12-5-11-6)16-9-14-13-8(15-2)17-9/h4-5H,3H2,1-2H3,(H,10,11,12). The van der Waals surface area contributed by atoms with Crippen molar-refractivity contribution in [2.75, 3.05) is 18.1 Å². The summed E-state index contributed by atoms with van der Waals surface area (Å²) < 4.78 is 1.86. The Kier molecular flexibility index (Phi) is 4.57. The first-order chi connectivity index (χ1) is 8.31. The molecule has 0 saturated carbocycles. The summed E-state index contributed by atoms with van der Waals surface area (Å²) in [6.45, 7) is 2.88. The molecule has 0 aliphatic carbocycles. The van der Waals surface area contributed by atoms with Gasteiger partial charge in [0.25, 0.3) is 0 Å². The lowest BCUT2D eigenvalue weighted by Gasteiger charge is -2.02. The minimum Gasteiger partial charge on any atom is -0.370 e. The molecule has 90 valence electrons. The third kappa shape index (κ3) is 3.55. The Balaban J connectivity index is 2.09.